The van der Waals surface area contributed by atoms with E-state index in [0.717, 1.165) is 29.5 Å². The molecule has 1 aromatic carbocycles. The van der Waals surface area contributed by atoms with Crippen LogP contribution in [0.15, 0.2) is 18.2 Å². The van der Waals surface area contributed by atoms with Gasteiger partial charge in [-0.2, -0.15) is 0 Å². The van der Waals surface area contributed by atoms with Crippen molar-refractivity contribution in [1.29, 1.82) is 0 Å². The highest BCUT2D eigenvalue weighted by molar-refractivity contribution is 5.93. The molecule has 0 bridgehead atoms. The number of benzene rings is 1. The van der Waals surface area contributed by atoms with E-state index in [0.29, 0.717) is 12.8 Å². The minimum Gasteiger partial charge on any atom is -0.326 e. The third kappa shape index (κ3) is 1.66. The molecule has 0 aromatic heterocycles. The zero-order valence-electron chi connectivity index (χ0n) is 7.75. The summed E-state index contributed by atoms with van der Waals surface area (Å²) in [6.45, 7) is 0. The standard InChI is InChI=1S/C11H11NO2/c13-6-5-8-1-3-10-9(7-8)2-4-11(14)12-10/h1,3,6-7H,2,4-5H2,(H,12,14). The second kappa shape index (κ2) is 3.62. The summed E-state index contributed by atoms with van der Waals surface area (Å²) >= 11 is 0. The number of nitrogens with one attached hydrogen (secondary N) is 1. The number of hydrogen-bond acceptors (Lipinski definition) is 2. The highest BCUT2D eigenvalue weighted by Crippen LogP contribution is 2.23. The number of amides is 1. The quantitative estimate of drug-likeness (QED) is 0.713. The SMILES string of the molecule is O=CCc1ccc2c(c1)CCC(=O)N2. The van der Waals surface area contributed by atoms with Crippen LogP contribution >= 0.6 is 0 Å². The molecule has 3 heteroatoms. The maximum atomic E-state index is 11.1. The smallest absolute Gasteiger partial charge is 0.224 e. The molecule has 0 aliphatic carbocycles. The van der Waals surface area contributed by atoms with E-state index in [2.05, 4.69) is 5.32 Å². The molecule has 0 unspecified atom stereocenters. The first kappa shape index (κ1) is 8.94. The molecule has 3 nitrogen and oxygen atoms in total. The van der Waals surface area contributed by atoms with Crippen LogP contribution in [-0.4, -0.2) is 12.2 Å². The van der Waals surface area contributed by atoms with Crippen molar-refractivity contribution in [1.82, 2.24) is 0 Å². The Morgan fingerprint density at radius 1 is 1.36 bits per heavy atom. The van der Waals surface area contributed by atoms with Gasteiger partial charge in [0.1, 0.15) is 6.29 Å². The highest BCUT2D eigenvalue weighted by Gasteiger charge is 2.14. The van der Waals surface area contributed by atoms with Crippen molar-refractivity contribution in [3.63, 3.8) is 0 Å². The van der Waals surface area contributed by atoms with E-state index < -0.39 is 0 Å². The first-order chi connectivity index (χ1) is 6.79. The lowest BCUT2D eigenvalue weighted by molar-refractivity contribution is -0.116. The Labute approximate surface area is 82.1 Å². The summed E-state index contributed by atoms with van der Waals surface area (Å²) in [4.78, 5) is 21.4. The number of anilines is 1. The summed E-state index contributed by atoms with van der Waals surface area (Å²) in [5.41, 5.74) is 3.02. The number of rotatable bonds is 2. The van der Waals surface area contributed by atoms with Gasteiger partial charge in [-0.05, 0) is 23.6 Å². The fourth-order valence-corrected chi connectivity index (χ4v) is 1.66. The van der Waals surface area contributed by atoms with Gasteiger partial charge in [-0.15, -0.1) is 0 Å². The minimum atomic E-state index is 0.0700. The molecule has 0 saturated heterocycles. The summed E-state index contributed by atoms with van der Waals surface area (Å²) in [6, 6.07) is 5.73. The van der Waals surface area contributed by atoms with E-state index in [9.17, 15) is 9.59 Å². The summed E-state index contributed by atoms with van der Waals surface area (Å²) in [6.07, 6.45) is 2.65. The molecule has 1 heterocycles. The van der Waals surface area contributed by atoms with Crippen LogP contribution in [0.1, 0.15) is 17.5 Å². The monoisotopic (exact) mass is 189 g/mol. The van der Waals surface area contributed by atoms with Crippen LogP contribution in [0, 0.1) is 0 Å². The van der Waals surface area contributed by atoms with Crippen LogP contribution in [0.25, 0.3) is 0 Å². The Bertz CT molecular complexity index is 385. The second-order valence-corrected chi connectivity index (χ2v) is 3.41. The van der Waals surface area contributed by atoms with Gasteiger partial charge >= 0.3 is 0 Å². The summed E-state index contributed by atoms with van der Waals surface area (Å²) in [5, 5.41) is 2.80. The first-order valence-corrected chi connectivity index (χ1v) is 4.65. The lowest BCUT2D eigenvalue weighted by atomic mass is 9.99. The van der Waals surface area contributed by atoms with E-state index in [1.807, 2.05) is 18.2 Å². The topological polar surface area (TPSA) is 46.2 Å². The maximum absolute atomic E-state index is 11.1. The third-order valence-electron chi connectivity index (χ3n) is 2.38. The van der Waals surface area contributed by atoms with Gasteiger partial charge in [0, 0.05) is 18.5 Å². The molecule has 1 aliphatic heterocycles. The zero-order chi connectivity index (χ0) is 9.97. The average Bonchev–Trinajstić information content (AvgIpc) is 2.19. The minimum absolute atomic E-state index is 0.0700. The number of hydrogen-bond donors (Lipinski definition) is 1. The molecule has 2 rings (SSSR count). The normalized spacial score (nSPS) is 14.4. The molecular formula is C11H11NO2. The van der Waals surface area contributed by atoms with Crippen molar-refractivity contribution >= 4 is 17.9 Å². The van der Waals surface area contributed by atoms with Gasteiger partial charge in [0.25, 0.3) is 0 Å². The summed E-state index contributed by atoms with van der Waals surface area (Å²) < 4.78 is 0. The number of carbonyl (C=O) groups is 2. The van der Waals surface area contributed by atoms with Crippen molar-refractivity contribution in [3.05, 3.63) is 29.3 Å². The Hall–Kier alpha value is -1.64. The molecule has 1 aliphatic rings. The number of aryl methyl sites for hydroxylation is 1. The molecule has 14 heavy (non-hydrogen) atoms. The van der Waals surface area contributed by atoms with Crippen LogP contribution in [0.5, 0.6) is 0 Å². The van der Waals surface area contributed by atoms with Crippen molar-refractivity contribution in [2.24, 2.45) is 0 Å². The molecule has 0 spiro atoms. The second-order valence-electron chi connectivity index (χ2n) is 3.41. The van der Waals surface area contributed by atoms with Gasteiger partial charge in [0.15, 0.2) is 0 Å². The van der Waals surface area contributed by atoms with Crippen LogP contribution in [-0.2, 0) is 22.4 Å². The molecule has 0 saturated carbocycles. The van der Waals surface area contributed by atoms with Crippen LogP contribution < -0.4 is 5.32 Å². The lowest BCUT2D eigenvalue weighted by Gasteiger charge is -2.16. The largest absolute Gasteiger partial charge is 0.326 e. The summed E-state index contributed by atoms with van der Waals surface area (Å²) in [5.74, 6) is 0.0700. The predicted molar refractivity (Wildman–Crippen MR) is 53.2 cm³/mol. The Morgan fingerprint density at radius 2 is 2.21 bits per heavy atom. The predicted octanol–water partition coefficient (Wildman–Crippen LogP) is 1.31. The van der Waals surface area contributed by atoms with Gasteiger partial charge in [0.05, 0.1) is 0 Å². The molecule has 1 amide bonds. The Balaban J connectivity index is 2.31. The van der Waals surface area contributed by atoms with E-state index >= 15 is 0 Å². The van der Waals surface area contributed by atoms with E-state index in [4.69, 9.17) is 0 Å². The molecule has 1 N–H and O–H groups in total. The number of carbonyl (C=O) groups excluding carboxylic acids is 2. The van der Waals surface area contributed by atoms with Crippen LogP contribution in [0.4, 0.5) is 5.69 Å². The number of aldehydes is 1. The fraction of sp³-hybridized carbons (Fsp3) is 0.273. The van der Waals surface area contributed by atoms with Crippen molar-refractivity contribution in [3.8, 4) is 0 Å². The molecule has 72 valence electrons. The van der Waals surface area contributed by atoms with Crippen LogP contribution in [0.3, 0.4) is 0 Å². The molecular weight excluding hydrogens is 178 g/mol. The molecule has 0 fully saturated rings. The zero-order valence-corrected chi connectivity index (χ0v) is 7.75. The Morgan fingerprint density at radius 3 is 3.00 bits per heavy atom. The van der Waals surface area contributed by atoms with E-state index in [1.54, 1.807) is 0 Å². The third-order valence-corrected chi connectivity index (χ3v) is 2.38. The van der Waals surface area contributed by atoms with E-state index in [1.165, 1.54) is 0 Å². The van der Waals surface area contributed by atoms with Crippen molar-refractivity contribution < 1.29 is 9.59 Å². The Kier molecular flexibility index (Phi) is 2.31. The number of fused-ring (bicyclic) bond motifs is 1. The molecule has 0 atom stereocenters. The van der Waals surface area contributed by atoms with Gasteiger partial charge < -0.3 is 10.1 Å². The van der Waals surface area contributed by atoms with Crippen molar-refractivity contribution in [2.75, 3.05) is 5.32 Å². The molecule has 1 aromatic rings. The van der Waals surface area contributed by atoms with Crippen LogP contribution in [0.2, 0.25) is 0 Å². The lowest BCUT2D eigenvalue weighted by Crippen LogP contribution is -2.18. The average molecular weight is 189 g/mol. The van der Waals surface area contributed by atoms with Gasteiger partial charge in [-0.25, -0.2) is 0 Å². The first-order valence-electron chi connectivity index (χ1n) is 4.65. The molecule has 0 radical (unpaired) electrons. The van der Waals surface area contributed by atoms with Gasteiger partial charge in [-0.3, -0.25) is 4.79 Å². The van der Waals surface area contributed by atoms with Gasteiger partial charge in [-0.1, -0.05) is 12.1 Å². The fourth-order valence-electron chi connectivity index (χ4n) is 1.66. The van der Waals surface area contributed by atoms with E-state index in [-0.39, 0.29) is 5.91 Å². The maximum Gasteiger partial charge on any atom is 0.224 e. The summed E-state index contributed by atoms with van der Waals surface area (Å²) in [7, 11) is 0. The van der Waals surface area contributed by atoms with Crippen molar-refractivity contribution in [2.45, 2.75) is 19.3 Å². The van der Waals surface area contributed by atoms with Gasteiger partial charge in [0.2, 0.25) is 5.91 Å². The highest BCUT2D eigenvalue weighted by atomic mass is 16.1.